The van der Waals surface area contributed by atoms with E-state index in [2.05, 4.69) is 15.5 Å². The molecule has 2 fully saturated rings. The second-order valence-corrected chi connectivity index (χ2v) is 6.70. The molecule has 5 nitrogen and oxygen atoms in total. The van der Waals surface area contributed by atoms with Gasteiger partial charge in [0, 0.05) is 31.5 Å². The smallest absolute Gasteiger partial charge is 0.189 e. The van der Waals surface area contributed by atoms with E-state index in [1.54, 1.807) is 12.1 Å². The molecular formula is C17H17ClFN3O2. The third-order valence-corrected chi connectivity index (χ3v) is 4.79. The van der Waals surface area contributed by atoms with E-state index in [9.17, 15) is 9.18 Å². The van der Waals surface area contributed by atoms with Gasteiger partial charge in [0.1, 0.15) is 23.4 Å². The fourth-order valence-electron chi connectivity index (χ4n) is 2.71. The van der Waals surface area contributed by atoms with E-state index in [1.807, 2.05) is 0 Å². The highest BCUT2D eigenvalue weighted by Crippen LogP contribution is 2.42. The maximum Gasteiger partial charge on any atom is 0.189 e. The molecule has 2 N–H and O–H groups in total. The summed E-state index contributed by atoms with van der Waals surface area (Å²) in [5, 5.41) is 10.3. The zero-order chi connectivity index (χ0) is 16.7. The topological polar surface area (TPSA) is 67.0 Å². The van der Waals surface area contributed by atoms with Gasteiger partial charge < -0.3 is 10.1 Å². The SMILES string of the molecule is O=C(Cc1ccc(OC2CNC2)cc1F)c1n[nH]c(C2CC2)c1Cl. The van der Waals surface area contributed by atoms with E-state index in [-0.39, 0.29) is 24.0 Å². The first-order valence-electron chi connectivity index (χ1n) is 8.04. The maximum absolute atomic E-state index is 14.2. The summed E-state index contributed by atoms with van der Waals surface area (Å²) in [5.41, 5.74) is 1.32. The van der Waals surface area contributed by atoms with Crippen molar-refractivity contribution >= 4 is 17.4 Å². The molecule has 1 aromatic carbocycles. The number of Topliss-reactive ketones (excluding diaryl/α,β-unsaturated/α-hetero) is 1. The molecule has 0 unspecified atom stereocenters. The second-order valence-electron chi connectivity index (χ2n) is 6.33. The molecular weight excluding hydrogens is 333 g/mol. The standard InChI is InChI=1S/C17H17ClFN3O2/c18-15-16(9-1-2-9)21-22-17(15)14(23)5-10-3-4-11(6-13(10)19)24-12-7-20-8-12/h3-4,6,9,12,20H,1-2,5,7-8H2,(H,21,22). The summed E-state index contributed by atoms with van der Waals surface area (Å²) in [4.78, 5) is 12.4. The lowest BCUT2D eigenvalue weighted by atomic mass is 10.1. The van der Waals surface area contributed by atoms with Gasteiger partial charge >= 0.3 is 0 Å². The number of hydrogen-bond donors (Lipinski definition) is 2. The zero-order valence-corrected chi connectivity index (χ0v) is 13.7. The lowest BCUT2D eigenvalue weighted by Crippen LogP contribution is -2.50. The van der Waals surface area contributed by atoms with E-state index in [0.29, 0.717) is 22.3 Å². The number of aromatic nitrogens is 2. The van der Waals surface area contributed by atoms with Gasteiger partial charge in [-0.15, -0.1) is 0 Å². The third-order valence-electron chi connectivity index (χ3n) is 4.40. The number of hydrogen-bond acceptors (Lipinski definition) is 4. The Morgan fingerprint density at radius 2 is 2.17 bits per heavy atom. The third kappa shape index (κ3) is 3.03. The average Bonchev–Trinajstić information content (AvgIpc) is 3.28. The van der Waals surface area contributed by atoms with E-state index in [4.69, 9.17) is 16.3 Å². The number of nitrogens with zero attached hydrogens (tertiary/aromatic N) is 1. The fourth-order valence-corrected chi connectivity index (χ4v) is 3.05. The molecule has 1 saturated carbocycles. The highest BCUT2D eigenvalue weighted by atomic mass is 35.5. The lowest BCUT2D eigenvalue weighted by molar-refractivity contribution is 0.0987. The molecule has 0 atom stereocenters. The number of benzene rings is 1. The number of halogens is 2. The maximum atomic E-state index is 14.2. The Bertz CT molecular complexity index is 784. The van der Waals surface area contributed by atoms with Crippen LogP contribution in [0.15, 0.2) is 18.2 Å². The summed E-state index contributed by atoms with van der Waals surface area (Å²) in [5.74, 6) is 0.103. The first kappa shape index (κ1) is 15.6. The number of aromatic amines is 1. The molecule has 4 rings (SSSR count). The van der Waals surface area contributed by atoms with Gasteiger partial charge in [0.15, 0.2) is 5.78 Å². The van der Waals surface area contributed by atoms with Crippen molar-refractivity contribution in [2.24, 2.45) is 0 Å². The first-order valence-corrected chi connectivity index (χ1v) is 8.42. The Hall–Kier alpha value is -1.92. The minimum atomic E-state index is -0.456. The number of ketones is 1. The van der Waals surface area contributed by atoms with Crippen molar-refractivity contribution in [1.29, 1.82) is 0 Å². The molecule has 1 aliphatic heterocycles. The number of H-pyrrole nitrogens is 1. The quantitative estimate of drug-likeness (QED) is 0.787. The Kier molecular flexibility index (Phi) is 4.02. The molecule has 2 heterocycles. The largest absolute Gasteiger partial charge is 0.488 e. The highest BCUT2D eigenvalue weighted by Gasteiger charge is 2.30. The predicted molar refractivity (Wildman–Crippen MR) is 87.3 cm³/mol. The van der Waals surface area contributed by atoms with Gasteiger partial charge in [-0.25, -0.2) is 4.39 Å². The van der Waals surface area contributed by atoms with Crippen molar-refractivity contribution in [2.45, 2.75) is 31.3 Å². The van der Waals surface area contributed by atoms with Crippen molar-refractivity contribution in [3.8, 4) is 5.75 Å². The molecule has 0 spiro atoms. The summed E-state index contributed by atoms with van der Waals surface area (Å²) in [6, 6.07) is 4.59. The van der Waals surface area contributed by atoms with Crippen molar-refractivity contribution in [3.05, 3.63) is 46.0 Å². The van der Waals surface area contributed by atoms with Crippen LogP contribution in [0.5, 0.6) is 5.75 Å². The Morgan fingerprint density at radius 1 is 1.38 bits per heavy atom. The van der Waals surface area contributed by atoms with Crippen LogP contribution in [0.1, 0.15) is 40.5 Å². The normalized spacial score (nSPS) is 17.6. The summed E-state index contributed by atoms with van der Waals surface area (Å²) in [6.07, 6.45) is 2.12. The van der Waals surface area contributed by atoms with Crippen molar-refractivity contribution in [1.82, 2.24) is 15.5 Å². The van der Waals surface area contributed by atoms with E-state index < -0.39 is 5.82 Å². The summed E-state index contributed by atoms with van der Waals surface area (Å²) in [6.45, 7) is 1.53. The second kappa shape index (κ2) is 6.18. The van der Waals surface area contributed by atoms with Crippen molar-refractivity contribution in [2.75, 3.05) is 13.1 Å². The summed E-state index contributed by atoms with van der Waals surface area (Å²) < 4.78 is 19.8. The fraction of sp³-hybridized carbons (Fsp3) is 0.412. The lowest BCUT2D eigenvalue weighted by Gasteiger charge is -2.27. The summed E-state index contributed by atoms with van der Waals surface area (Å²) >= 11 is 6.23. The highest BCUT2D eigenvalue weighted by molar-refractivity contribution is 6.34. The van der Waals surface area contributed by atoms with Crippen molar-refractivity contribution in [3.63, 3.8) is 0 Å². The Morgan fingerprint density at radius 3 is 2.79 bits per heavy atom. The number of nitrogens with one attached hydrogen (secondary N) is 2. The molecule has 126 valence electrons. The minimum absolute atomic E-state index is 0.0776. The van der Waals surface area contributed by atoms with Crippen LogP contribution in [0.4, 0.5) is 4.39 Å². The predicted octanol–water partition coefficient (Wildman–Crippen LogP) is 2.86. The molecule has 24 heavy (non-hydrogen) atoms. The number of carbonyl (C=O) groups excluding carboxylic acids is 1. The molecule has 2 aromatic rings. The first-order chi connectivity index (χ1) is 11.6. The van der Waals surface area contributed by atoms with E-state index in [1.165, 1.54) is 6.07 Å². The van der Waals surface area contributed by atoms with Gasteiger partial charge in [0.05, 0.1) is 10.7 Å². The molecule has 0 bridgehead atoms. The molecule has 1 aromatic heterocycles. The van der Waals surface area contributed by atoms with Crippen LogP contribution in [-0.2, 0) is 6.42 Å². The monoisotopic (exact) mass is 349 g/mol. The number of rotatable bonds is 6. The molecule has 0 radical (unpaired) electrons. The van der Waals surface area contributed by atoms with Gasteiger partial charge in [-0.2, -0.15) is 5.10 Å². The van der Waals surface area contributed by atoms with Crippen LogP contribution in [0.3, 0.4) is 0 Å². The van der Waals surface area contributed by atoms with Gasteiger partial charge in [0.25, 0.3) is 0 Å². The molecule has 0 amide bonds. The minimum Gasteiger partial charge on any atom is -0.488 e. The van der Waals surface area contributed by atoms with Gasteiger partial charge in [-0.3, -0.25) is 9.89 Å². The Labute approximate surface area is 143 Å². The average molecular weight is 350 g/mol. The van der Waals surface area contributed by atoms with Crippen LogP contribution in [0.2, 0.25) is 5.02 Å². The number of carbonyl (C=O) groups is 1. The van der Waals surface area contributed by atoms with Crippen molar-refractivity contribution < 1.29 is 13.9 Å². The van der Waals surface area contributed by atoms with Crippen LogP contribution in [0, 0.1) is 5.82 Å². The molecule has 2 aliphatic rings. The molecule has 1 aliphatic carbocycles. The van der Waals surface area contributed by atoms with Crippen LogP contribution >= 0.6 is 11.6 Å². The van der Waals surface area contributed by atoms with Crippen LogP contribution < -0.4 is 10.1 Å². The van der Waals surface area contributed by atoms with Gasteiger partial charge in [-0.05, 0) is 24.5 Å². The molecule has 7 heteroatoms. The number of ether oxygens (including phenoxy) is 1. The van der Waals surface area contributed by atoms with E-state index >= 15 is 0 Å². The van der Waals surface area contributed by atoms with E-state index in [0.717, 1.165) is 31.6 Å². The van der Waals surface area contributed by atoms with Gasteiger partial charge in [-0.1, -0.05) is 17.7 Å². The van der Waals surface area contributed by atoms with Gasteiger partial charge in [0.2, 0.25) is 0 Å². The van der Waals surface area contributed by atoms with Crippen LogP contribution in [0.25, 0.3) is 0 Å². The summed E-state index contributed by atoms with van der Waals surface area (Å²) in [7, 11) is 0. The molecule has 1 saturated heterocycles. The Balaban J connectivity index is 1.46. The zero-order valence-electron chi connectivity index (χ0n) is 12.9. The van der Waals surface area contributed by atoms with Crippen LogP contribution in [-0.4, -0.2) is 35.2 Å².